The average Bonchev–Trinajstić information content (AvgIpc) is 2.47. The Labute approximate surface area is 130 Å². The van der Waals surface area contributed by atoms with Gasteiger partial charge >= 0.3 is 0 Å². The molecule has 21 heavy (non-hydrogen) atoms. The van der Waals surface area contributed by atoms with E-state index in [-0.39, 0.29) is 0 Å². The van der Waals surface area contributed by atoms with Crippen LogP contribution in [0.15, 0.2) is 0 Å². The van der Waals surface area contributed by atoms with Gasteiger partial charge in [0.25, 0.3) is 0 Å². The van der Waals surface area contributed by atoms with Crippen molar-refractivity contribution in [3.05, 3.63) is 0 Å². The van der Waals surface area contributed by atoms with Crippen LogP contribution >= 0.6 is 0 Å². The number of methoxy groups -OCH3 is 2. The molecule has 0 aliphatic heterocycles. The minimum absolute atomic E-state index is 0.390. The molecule has 0 rings (SSSR count). The maximum Gasteiger partial charge on any atom is 0.103 e. The Hall–Kier alpha value is -0.670. The second kappa shape index (κ2) is 11.9. The van der Waals surface area contributed by atoms with Crippen molar-refractivity contribution in [2.24, 2.45) is 0 Å². The van der Waals surface area contributed by atoms with Crippen LogP contribution in [0, 0.1) is 11.3 Å². The first-order chi connectivity index (χ1) is 10.0. The molecule has 0 amide bonds. The number of nitrogens with one attached hydrogen (secondary N) is 1. The first-order valence-corrected chi connectivity index (χ1v) is 7.91. The molecule has 0 spiro atoms. The standard InChI is InChI=1S/C16H33N3O2/c1-6-18-16(3,14-17)9-7-8-10-19(11-12-20-4)15(2)13-21-5/h15,18H,6-13H2,1-5H3. The van der Waals surface area contributed by atoms with Crippen LogP contribution in [0.1, 0.15) is 40.0 Å². The van der Waals surface area contributed by atoms with Gasteiger partial charge in [-0.25, -0.2) is 0 Å². The lowest BCUT2D eigenvalue weighted by Gasteiger charge is -2.29. The van der Waals surface area contributed by atoms with Gasteiger partial charge < -0.3 is 9.47 Å². The summed E-state index contributed by atoms with van der Waals surface area (Å²) < 4.78 is 10.4. The summed E-state index contributed by atoms with van der Waals surface area (Å²) in [5, 5.41) is 12.5. The summed E-state index contributed by atoms with van der Waals surface area (Å²) >= 11 is 0. The van der Waals surface area contributed by atoms with Crippen molar-refractivity contribution in [3.8, 4) is 6.07 Å². The van der Waals surface area contributed by atoms with E-state index in [1.807, 2.05) is 13.8 Å². The molecule has 5 heteroatoms. The van der Waals surface area contributed by atoms with Gasteiger partial charge in [-0.3, -0.25) is 10.2 Å². The number of ether oxygens (including phenoxy) is 2. The number of nitrogens with zero attached hydrogens (tertiary/aromatic N) is 2. The van der Waals surface area contributed by atoms with Gasteiger partial charge in [0, 0.05) is 26.8 Å². The Morgan fingerprint density at radius 1 is 1.24 bits per heavy atom. The molecule has 0 aromatic carbocycles. The molecule has 0 saturated heterocycles. The summed E-state index contributed by atoms with van der Waals surface area (Å²) in [4.78, 5) is 2.39. The molecule has 0 aliphatic rings. The van der Waals surface area contributed by atoms with Gasteiger partial charge in [0.1, 0.15) is 5.54 Å². The zero-order chi connectivity index (χ0) is 16.1. The van der Waals surface area contributed by atoms with Gasteiger partial charge in [0.15, 0.2) is 0 Å². The Bertz CT molecular complexity index is 294. The summed E-state index contributed by atoms with van der Waals surface area (Å²) in [5.74, 6) is 0. The molecule has 124 valence electrons. The van der Waals surface area contributed by atoms with Crippen LogP contribution in [0.4, 0.5) is 0 Å². The summed E-state index contributed by atoms with van der Waals surface area (Å²) in [6.07, 6.45) is 3.01. The normalized spacial score (nSPS) is 15.7. The van der Waals surface area contributed by atoms with E-state index in [4.69, 9.17) is 9.47 Å². The summed E-state index contributed by atoms with van der Waals surface area (Å²) in [6.45, 7) is 10.4. The van der Waals surface area contributed by atoms with Crippen molar-refractivity contribution >= 4 is 0 Å². The molecule has 2 atom stereocenters. The molecule has 0 radical (unpaired) electrons. The first kappa shape index (κ1) is 20.3. The number of hydrogen-bond acceptors (Lipinski definition) is 5. The van der Waals surface area contributed by atoms with Crippen molar-refractivity contribution in [1.29, 1.82) is 5.26 Å². The Morgan fingerprint density at radius 3 is 2.48 bits per heavy atom. The highest BCUT2D eigenvalue weighted by Gasteiger charge is 2.21. The van der Waals surface area contributed by atoms with E-state index < -0.39 is 5.54 Å². The molecular formula is C16H33N3O2. The topological polar surface area (TPSA) is 57.5 Å². The van der Waals surface area contributed by atoms with E-state index in [9.17, 15) is 5.26 Å². The van der Waals surface area contributed by atoms with Crippen LogP contribution in [0.3, 0.4) is 0 Å². The molecule has 0 bridgehead atoms. The quantitative estimate of drug-likeness (QED) is 0.527. The molecule has 0 heterocycles. The third kappa shape index (κ3) is 9.05. The smallest absolute Gasteiger partial charge is 0.103 e. The fourth-order valence-corrected chi connectivity index (χ4v) is 2.48. The Balaban J connectivity index is 4.15. The minimum Gasteiger partial charge on any atom is -0.383 e. The molecule has 2 unspecified atom stereocenters. The Morgan fingerprint density at radius 2 is 1.95 bits per heavy atom. The molecule has 5 nitrogen and oxygen atoms in total. The Kier molecular flexibility index (Phi) is 11.6. The average molecular weight is 299 g/mol. The SMILES string of the molecule is CCNC(C)(C#N)CCCCN(CCOC)C(C)COC. The molecule has 0 aliphatic carbocycles. The largest absolute Gasteiger partial charge is 0.383 e. The third-order valence-electron chi connectivity index (χ3n) is 3.80. The van der Waals surface area contributed by atoms with E-state index in [2.05, 4.69) is 23.2 Å². The van der Waals surface area contributed by atoms with E-state index >= 15 is 0 Å². The van der Waals surface area contributed by atoms with Crippen LogP contribution in [0.2, 0.25) is 0 Å². The van der Waals surface area contributed by atoms with E-state index in [1.165, 1.54) is 0 Å². The zero-order valence-electron chi connectivity index (χ0n) is 14.4. The molecule has 1 N–H and O–H groups in total. The monoisotopic (exact) mass is 299 g/mol. The summed E-state index contributed by atoms with van der Waals surface area (Å²) in [5.41, 5.74) is -0.399. The second-order valence-electron chi connectivity index (χ2n) is 5.76. The van der Waals surface area contributed by atoms with Crippen molar-refractivity contribution in [3.63, 3.8) is 0 Å². The predicted molar refractivity (Wildman–Crippen MR) is 86.3 cm³/mol. The maximum absolute atomic E-state index is 9.24. The van der Waals surface area contributed by atoms with Crippen molar-refractivity contribution in [2.45, 2.75) is 51.6 Å². The summed E-state index contributed by atoms with van der Waals surface area (Å²) in [6, 6.07) is 2.77. The van der Waals surface area contributed by atoms with Crippen LogP contribution < -0.4 is 5.32 Å². The van der Waals surface area contributed by atoms with Gasteiger partial charge in [0.05, 0.1) is 19.3 Å². The minimum atomic E-state index is -0.399. The highest BCUT2D eigenvalue weighted by atomic mass is 16.5. The van der Waals surface area contributed by atoms with Gasteiger partial charge in [-0.05, 0) is 46.2 Å². The van der Waals surface area contributed by atoms with Gasteiger partial charge in [-0.1, -0.05) is 6.92 Å². The van der Waals surface area contributed by atoms with E-state index in [0.29, 0.717) is 6.04 Å². The second-order valence-corrected chi connectivity index (χ2v) is 5.76. The molecule has 0 saturated carbocycles. The predicted octanol–water partition coefficient (Wildman–Crippen LogP) is 2.03. The number of rotatable bonds is 13. The lowest BCUT2D eigenvalue weighted by Crippen LogP contribution is -2.41. The van der Waals surface area contributed by atoms with Crippen molar-refractivity contribution in [2.75, 3.05) is 47.1 Å². The van der Waals surface area contributed by atoms with Gasteiger partial charge in [-0.15, -0.1) is 0 Å². The highest BCUT2D eigenvalue weighted by Crippen LogP contribution is 2.13. The molecule has 0 fully saturated rings. The molecule has 0 aromatic heterocycles. The number of nitriles is 1. The fourth-order valence-electron chi connectivity index (χ4n) is 2.48. The number of unbranched alkanes of at least 4 members (excludes halogenated alkanes) is 1. The molecular weight excluding hydrogens is 266 g/mol. The number of hydrogen-bond donors (Lipinski definition) is 1. The first-order valence-electron chi connectivity index (χ1n) is 7.91. The van der Waals surface area contributed by atoms with Crippen molar-refractivity contribution < 1.29 is 9.47 Å². The maximum atomic E-state index is 9.24. The van der Waals surface area contributed by atoms with Gasteiger partial charge in [-0.2, -0.15) is 5.26 Å². The van der Waals surface area contributed by atoms with Crippen LogP contribution in [0.25, 0.3) is 0 Å². The van der Waals surface area contributed by atoms with E-state index in [0.717, 1.165) is 52.1 Å². The van der Waals surface area contributed by atoms with E-state index in [1.54, 1.807) is 14.2 Å². The fraction of sp³-hybridized carbons (Fsp3) is 0.938. The van der Waals surface area contributed by atoms with Gasteiger partial charge in [0.2, 0.25) is 0 Å². The lowest BCUT2D eigenvalue weighted by molar-refractivity contribution is 0.0737. The highest BCUT2D eigenvalue weighted by molar-refractivity contribution is 5.03. The van der Waals surface area contributed by atoms with Crippen LogP contribution in [0.5, 0.6) is 0 Å². The van der Waals surface area contributed by atoms with Crippen LogP contribution in [-0.2, 0) is 9.47 Å². The zero-order valence-corrected chi connectivity index (χ0v) is 14.4. The summed E-state index contributed by atoms with van der Waals surface area (Å²) in [7, 11) is 3.47. The van der Waals surface area contributed by atoms with Crippen molar-refractivity contribution in [1.82, 2.24) is 10.2 Å². The third-order valence-corrected chi connectivity index (χ3v) is 3.80. The van der Waals surface area contributed by atoms with Crippen LogP contribution in [-0.4, -0.2) is 63.5 Å². The molecule has 0 aromatic rings. The lowest BCUT2D eigenvalue weighted by atomic mass is 9.96.